The van der Waals surface area contributed by atoms with Crippen LogP contribution in [0.5, 0.6) is 0 Å². The van der Waals surface area contributed by atoms with Gasteiger partial charge in [0.05, 0.1) is 24.3 Å². The minimum absolute atomic E-state index is 0.00739. The molecule has 274 valence electrons. The quantitative estimate of drug-likeness (QED) is 0.104. The highest BCUT2D eigenvalue weighted by Gasteiger charge is 2.53. The summed E-state index contributed by atoms with van der Waals surface area (Å²) in [6.45, 7) is 3.11. The Morgan fingerprint density at radius 3 is 2.67 bits per heavy atom. The number of aromatic nitrogens is 3. The number of thioether (sulfide) groups is 1. The molecule has 2 fully saturated rings. The van der Waals surface area contributed by atoms with Gasteiger partial charge in [-0.2, -0.15) is 0 Å². The summed E-state index contributed by atoms with van der Waals surface area (Å²) in [4.78, 5) is 63.6. The molecule has 2 atom stereocenters. The lowest BCUT2D eigenvalue weighted by atomic mass is 10.0. The summed E-state index contributed by atoms with van der Waals surface area (Å²) in [6.07, 6.45) is 4.95. The lowest BCUT2D eigenvalue weighted by Gasteiger charge is -2.50. The maximum Gasteiger partial charge on any atom is 0.276 e. The van der Waals surface area contributed by atoms with Gasteiger partial charge >= 0.3 is 0 Å². The molecule has 0 radical (unpaired) electrons. The van der Waals surface area contributed by atoms with Gasteiger partial charge in [-0.3, -0.25) is 24.7 Å². The standard InChI is InChI=1S/C32H34ClFN10O6S2/c1-50-39-23(22-26(33)52-32(35)37-22)28(46)36-24-29(47)44-25(31(48)49)19(16-51-30(24)44)15-42-10-7-21-40(11-12-43(21)42)14-18-6-5-17(13-20(18)34)27(45)38-41-8-3-2-4-9-41/h5-7,10,13,24,30H,2-4,8-9,11-12,14-16H2,1H3,(H4-,35,36,37,38,45,46,48,49)/b39-23-/t24-,30-/m1/s1. The topological polar surface area (TPSA) is 194 Å². The molecule has 20 heteroatoms. The fourth-order valence-corrected chi connectivity index (χ4v) is 9.04. The summed E-state index contributed by atoms with van der Waals surface area (Å²) in [5.41, 5.74) is 9.18. The van der Waals surface area contributed by atoms with Crippen molar-refractivity contribution >= 4 is 75.1 Å². The summed E-state index contributed by atoms with van der Waals surface area (Å²) in [5, 5.41) is 20.0. The second-order valence-corrected chi connectivity index (χ2v) is 15.2. The number of nitrogens with zero attached hydrogens (tertiary/aromatic N) is 7. The first-order valence-electron chi connectivity index (χ1n) is 16.4. The van der Waals surface area contributed by atoms with E-state index in [2.05, 4.69) is 20.9 Å². The van der Waals surface area contributed by atoms with E-state index in [-0.39, 0.29) is 56.9 Å². The molecule has 3 aromatic rings. The predicted molar refractivity (Wildman–Crippen MR) is 187 cm³/mol. The number of carboxylic acid groups (broad SMARTS) is 1. The highest BCUT2D eigenvalue weighted by atomic mass is 35.5. The van der Waals surface area contributed by atoms with Crippen molar-refractivity contribution in [3.8, 4) is 0 Å². The first-order chi connectivity index (χ1) is 25.0. The average molecular weight is 773 g/mol. The summed E-state index contributed by atoms with van der Waals surface area (Å²) in [6, 6.07) is 5.33. The van der Waals surface area contributed by atoms with Crippen LogP contribution in [-0.2, 0) is 38.9 Å². The zero-order valence-electron chi connectivity index (χ0n) is 27.8. The van der Waals surface area contributed by atoms with Gasteiger partial charge in [0.15, 0.2) is 29.4 Å². The second kappa shape index (κ2) is 14.7. The summed E-state index contributed by atoms with van der Waals surface area (Å²) >= 11 is 8.41. The number of oxime groups is 1. The van der Waals surface area contributed by atoms with Crippen LogP contribution in [0, 0.1) is 5.82 Å². The van der Waals surface area contributed by atoms with E-state index in [1.54, 1.807) is 18.3 Å². The molecular formula is C32H34ClFN10O6S2. The van der Waals surface area contributed by atoms with E-state index >= 15 is 4.39 Å². The van der Waals surface area contributed by atoms with Gasteiger partial charge in [-0.15, -0.1) is 21.1 Å². The number of amides is 3. The van der Waals surface area contributed by atoms with Crippen molar-refractivity contribution in [1.82, 2.24) is 30.3 Å². The number of carbonyl (C=O) groups is 4. The number of nitrogens with two attached hydrogens (primary N) is 1. The minimum atomic E-state index is -1.51. The third-order valence-corrected chi connectivity index (χ3v) is 11.7. The smallest absolute Gasteiger partial charge is 0.276 e. The summed E-state index contributed by atoms with van der Waals surface area (Å²) in [7, 11) is 1.23. The largest absolute Gasteiger partial charge is 0.543 e. The molecule has 0 unspecified atom stereocenters. The van der Waals surface area contributed by atoms with Gasteiger partial charge in [-0.1, -0.05) is 40.6 Å². The fraction of sp³-hybridized carbons (Fsp3) is 0.406. The number of benzene rings is 1. The van der Waals surface area contributed by atoms with Gasteiger partial charge in [0.2, 0.25) is 0 Å². The third-order valence-electron chi connectivity index (χ3n) is 9.27. The van der Waals surface area contributed by atoms with Gasteiger partial charge in [0, 0.05) is 48.6 Å². The fourth-order valence-electron chi connectivity index (χ4n) is 6.77. The van der Waals surface area contributed by atoms with Crippen molar-refractivity contribution in [2.24, 2.45) is 5.16 Å². The number of nitrogen functional groups attached to an aromatic ring is 1. The minimum Gasteiger partial charge on any atom is -0.543 e. The number of carbonyl (C=O) groups excluding carboxylic acids is 4. The average Bonchev–Trinajstić information content (AvgIpc) is 3.82. The molecule has 4 N–H and O–H groups in total. The zero-order chi connectivity index (χ0) is 36.7. The van der Waals surface area contributed by atoms with Gasteiger partial charge in [0.1, 0.15) is 34.4 Å². The number of thiazole rings is 1. The molecule has 4 aliphatic heterocycles. The Morgan fingerprint density at radius 1 is 1.19 bits per heavy atom. The van der Waals surface area contributed by atoms with E-state index in [0.29, 0.717) is 24.2 Å². The molecule has 4 aliphatic rings. The van der Waals surface area contributed by atoms with Crippen LogP contribution < -0.4 is 31.2 Å². The van der Waals surface area contributed by atoms with Gasteiger partial charge in [-0.25, -0.2) is 14.4 Å². The van der Waals surface area contributed by atoms with E-state index < -0.39 is 35.0 Å². The van der Waals surface area contributed by atoms with Gasteiger partial charge in [-0.05, 0) is 25.0 Å². The van der Waals surface area contributed by atoms with Crippen molar-refractivity contribution in [2.75, 3.05) is 43.1 Å². The van der Waals surface area contributed by atoms with Crippen LogP contribution in [0.25, 0.3) is 0 Å². The van der Waals surface area contributed by atoms with Crippen LogP contribution in [0.1, 0.15) is 40.9 Å². The van der Waals surface area contributed by atoms with Crippen molar-refractivity contribution in [1.29, 1.82) is 0 Å². The van der Waals surface area contributed by atoms with Crippen molar-refractivity contribution in [3.63, 3.8) is 0 Å². The maximum absolute atomic E-state index is 15.2. The number of carboxylic acids is 1. The monoisotopic (exact) mass is 772 g/mol. The van der Waals surface area contributed by atoms with Crippen LogP contribution in [0.15, 0.2) is 46.9 Å². The van der Waals surface area contributed by atoms with Crippen molar-refractivity contribution < 1.29 is 38.2 Å². The first kappa shape index (κ1) is 35.7. The van der Waals surface area contributed by atoms with E-state index in [0.717, 1.165) is 54.4 Å². The van der Waals surface area contributed by atoms with Crippen LogP contribution in [0.4, 0.5) is 15.3 Å². The van der Waals surface area contributed by atoms with Crippen molar-refractivity contribution in [3.05, 3.63) is 68.7 Å². The van der Waals surface area contributed by atoms with Crippen molar-refractivity contribution in [2.45, 2.75) is 50.3 Å². The Bertz CT molecular complexity index is 2010. The lowest BCUT2D eigenvalue weighted by molar-refractivity contribution is -0.766. The molecule has 52 heavy (non-hydrogen) atoms. The molecule has 1 aromatic carbocycles. The zero-order valence-corrected chi connectivity index (χ0v) is 30.2. The van der Waals surface area contributed by atoms with Crippen LogP contribution in [0.3, 0.4) is 0 Å². The SMILES string of the molecule is CO/N=C(\C(=O)N[C@@H]1C(=O)N2C(C(=O)[O-])=C(C[n+]3ccc4n3CCN4Cc3ccc(C(=O)NN4CCCCC4)cc3F)CS[C@H]12)c1nc(N)sc1Cl. The summed E-state index contributed by atoms with van der Waals surface area (Å²) < 4.78 is 19.2. The number of hydrazine groups is 1. The Labute approximate surface area is 309 Å². The number of halogens is 2. The predicted octanol–water partition coefficient (Wildman–Crippen LogP) is 0.212. The second-order valence-electron chi connectivity index (χ2n) is 12.5. The molecule has 2 aromatic heterocycles. The van der Waals surface area contributed by atoms with E-state index in [1.807, 2.05) is 25.3 Å². The van der Waals surface area contributed by atoms with Crippen LogP contribution in [-0.4, -0.2) is 92.9 Å². The molecular weight excluding hydrogens is 739 g/mol. The van der Waals surface area contributed by atoms with Crippen LogP contribution >= 0.6 is 34.7 Å². The summed E-state index contributed by atoms with van der Waals surface area (Å²) in [5.74, 6) is -2.70. The molecule has 6 heterocycles. The van der Waals surface area contributed by atoms with Crippen LogP contribution in [0.2, 0.25) is 4.34 Å². The molecule has 0 bridgehead atoms. The lowest BCUT2D eigenvalue weighted by Crippen LogP contribution is -2.71. The maximum atomic E-state index is 15.2. The molecule has 16 nitrogen and oxygen atoms in total. The Kier molecular flexibility index (Phi) is 10.1. The Morgan fingerprint density at radius 2 is 1.98 bits per heavy atom. The van der Waals surface area contributed by atoms with E-state index in [9.17, 15) is 24.3 Å². The number of aliphatic carboxylic acids is 1. The number of β-lactam (4-membered cyclic amide) rings is 1. The number of anilines is 2. The highest BCUT2D eigenvalue weighted by molar-refractivity contribution is 8.00. The van der Waals surface area contributed by atoms with E-state index in [4.69, 9.17) is 22.2 Å². The molecule has 7 rings (SSSR count). The Hall–Kier alpha value is -4.72. The number of rotatable bonds is 11. The number of fused-ring (bicyclic) bond motifs is 2. The molecule has 0 aliphatic carbocycles. The number of hydrogen-bond donors (Lipinski definition) is 3. The molecule has 2 saturated heterocycles. The molecule has 3 amide bonds. The highest BCUT2D eigenvalue weighted by Crippen LogP contribution is 2.40. The first-order valence-corrected chi connectivity index (χ1v) is 18.7. The number of piperidine rings is 1. The third kappa shape index (κ3) is 6.80. The number of nitrogens with one attached hydrogen (secondary N) is 2. The van der Waals surface area contributed by atoms with Gasteiger partial charge in [0.25, 0.3) is 17.7 Å². The van der Waals surface area contributed by atoms with Gasteiger partial charge < -0.3 is 30.7 Å². The number of hydrogen-bond acceptors (Lipinski definition) is 13. The van der Waals surface area contributed by atoms with E-state index in [1.165, 1.54) is 24.9 Å². The normalized spacial score (nSPS) is 20.4. The molecule has 0 spiro atoms. The molecule has 0 saturated carbocycles. The Balaban J connectivity index is 1.02.